The average Bonchev–Trinajstić information content (AvgIpc) is 2.26. The van der Waals surface area contributed by atoms with Gasteiger partial charge in [-0.1, -0.05) is 47.5 Å². The molecule has 2 nitrogen and oxygen atoms in total. The highest BCUT2D eigenvalue weighted by atomic mass is 79.9. The van der Waals surface area contributed by atoms with Gasteiger partial charge in [0.2, 0.25) is 0 Å². The SMILES string of the molecule is CCCC(CN)OCc1ccccc1Br. The van der Waals surface area contributed by atoms with Crippen LogP contribution in [0.5, 0.6) is 0 Å². The van der Waals surface area contributed by atoms with Gasteiger partial charge in [-0.05, 0) is 18.1 Å². The van der Waals surface area contributed by atoms with Gasteiger partial charge in [-0.15, -0.1) is 0 Å². The Morgan fingerprint density at radius 3 is 2.73 bits per heavy atom. The number of hydrogen-bond acceptors (Lipinski definition) is 2. The largest absolute Gasteiger partial charge is 0.372 e. The summed E-state index contributed by atoms with van der Waals surface area (Å²) in [5, 5.41) is 0. The maximum Gasteiger partial charge on any atom is 0.0732 e. The second-order valence-electron chi connectivity index (χ2n) is 3.55. The smallest absolute Gasteiger partial charge is 0.0732 e. The van der Waals surface area contributed by atoms with Crippen molar-refractivity contribution in [1.29, 1.82) is 0 Å². The van der Waals surface area contributed by atoms with Crippen LogP contribution in [0, 0.1) is 0 Å². The fourth-order valence-electron chi connectivity index (χ4n) is 1.41. The summed E-state index contributed by atoms with van der Waals surface area (Å²) in [5.74, 6) is 0. The molecule has 1 rings (SSSR count). The third-order valence-electron chi connectivity index (χ3n) is 2.31. The van der Waals surface area contributed by atoms with Crippen molar-refractivity contribution in [1.82, 2.24) is 0 Å². The molecule has 84 valence electrons. The number of hydrogen-bond donors (Lipinski definition) is 1. The van der Waals surface area contributed by atoms with Gasteiger partial charge < -0.3 is 10.5 Å². The minimum Gasteiger partial charge on any atom is -0.372 e. The summed E-state index contributed by atoms with van der Waals surface area (Å²) >= 11 is 3.50. The monoisotopic (exact) mass is 271 g/mol. The first-order chi connectivity index (χ1) is 7.27. The van der Waals surface area contributed by atoms with Crippen molar-refractivity contribution in [2.45, 2.75) is 32.5 Å². The lowest BCUT2D eigenvalue weighted by atomic mass is 10.2. The van der Waals surface area contributed by atoms with Crippen molar-refractivity contribution >= 4 is 15.9 Å². The van der Waals surface area contributed by atoms with Crippen molar-refractivity contribution in [3.8, 4) is 0 Å². The van der Waals surface area contributed by atoms with E-state index < -0.39 is 0 Å². The number of nitrogens with two attached hydrogens (primary N) is 1. The minimum atomic E-state index is 0.183. The molecular formula is C12H18BrNO. The van der Waals surface area contributed by atoms with Crippen molar-refractivity contribution in [2.24, 2.45) is 5.73 Å². The van der Waals surface area contributed by atoms with E-state index in [1.54, 1.807) is 0 Å². The second kappa shape index (κ2) is 6.99. The van der Waals surface area contributed by atoms with Gasteiger partial charge in [0.05, 0.1) is 12.7 Å². The van der Waals surface area contributed by atoms with E-state index in [9.17, 15) is 0 Å². The molecule has 1 atom stereocenters. The third-order valence-corrected chi connectivity index (χ3v) is 3.08. The Balaban J connectivity index is 2.45. The summed E-state index contributed by atoms with van der Waals surface area (Å²) in [6.07, 6.45) is 2.32. The molecule has 0 amide bonds. The highest BCUT2D eigenvalue weighted by Crippen LogP contribution is 2.17. The first kappa shape index (κ1) is 12.7. The van der Waals surface area contributed by atoms with E-state index in [1.807, 2.05) is 18.2 Å². The van der Waals surface area contributed by atoms with E-state index in [4.69, 9.17) is 10.5 Å². The van der Waals surface area contributed by atoms with Crippen molar-refractivity contribution in [3.63, 3.8) is 0 Å². The van der Waals surface area contributed by atoms with Crippen molar-refractivity contribution < 1.29 is 4.74 Å². The number of rotatable bonds is 6. The molecule has 1 aromatic carbocycles. The highest BCUT2D eigenvalue weighted by molar-refractivity contribution is 9.10. The summed E-state index contributed by atoms with van der Waals surface area (Å²) in [6, 6.07) is 8.10. The van der Waals surface area contributed by atoms with Crippen LogP contribution in [0.25, 0.3) is 0 Å². The quantitative estimate of drug-likeness (QED) is 0.863. The summed E-state index contributed by atoms with van der Waals surface area (Å²) < 4.78 is 6.84. The molecule has 1 unspecified atom stereocenters. The fraction of sp³-hybridized carbons (Fsp3) is 0.500. The lowest BCUT2D eigenvalue weighted by Crippen LogP contribution is -2.23. The Kier molecular flexibility index (Phi) is 5.91. The van der Waals surface area contributed by atoms with Gasteiger partial charge in [0.1, 0.15) is 0 Å². The standard InChI is InChI=1S/C12H18BrNO/c1-2-5-11(8-14)15-9-10-6-3-4-7-12(10)13/h3-4,6-7,11H,2,5,8-9,14H2,1H3. The number of halogens is 1. The maximum atomic E-state index is 5.74. The van der Waals surface area contributed by atoms with E-state index in [-0.39, 0.29) is 6.10 Å². The molecule has 1 aromatic rings. The Bertz CT molecular complexity index is 291. The van der Waals surface area contributed by atoms with Gasteiger partial charge in [0.15, 0.2) is 0 Å². The molecule has 3 heteroatoms. The Hall–Kier alpha value is -0.380. The zero-order valence-electron chi connectivity index (χ0n) is 9.08. The van der Waals surface area contributed by atoms with Crippen LogP contribution in [0.4, 0.5) is 0 Å². The first-order valence-corrected chi connectivity index (χ1v) is 6.12. The summed E-state index contributed by atoms with van der Waals surface area (Å²) in [4.78, 5) is 0. The molecule has 0 heterocycles. The Morgan fingerprint density at radius 1 is 1.40 bits per heavy atom. The van der Waals surface area contributed by atoms with E-state index in [1.165, 1.54) is 5.56 Å². The highest BCUT2D eigenvalue weighted by Gasteiger charge is 2.06. The van der Waals surface area contributed by atoms with Gasteiger partial charge >= 0.3 is 0 Å². The van der Waals surface area contributed by atoms with Crippen LogP contribution in [0.2, 0.25) is 0 Å². The van der Waals surface area contributed by atoms with Crippen LogP contribution >= 0.6 is 15.9 Å². The normalized spacial score (nSPS) is 12.7. The maximum absolute atomic E-state index is 5.74. The fourth-order valence-corrected chi connectivity index (χ4v) is 1.81. The van der Waals surface area contributed by atoms with Crippen LogP contribution in [-0.4, -0.2) is 12.6 Å². The summed E-state index contributed by atoms with van der Waals surface area (Å²) in [5.41, 5.74) is 6.80. The molecule has 0 bridgehead atoms. The molecule has 15 heavy (non-hydrogen) atoms. The molecule has 0 aliphatic carbocycles. The lowest BCUT2D eigenvalue weighted by molar-refractivity contribution is 0.0401. The molecule has 0 spiro atoms. The Labute approximate surface area is 99.9 Å². The molecule has 2 N–H and O–H groups in total. The van der Waals surface area contributed by atoms with Crippen LogP contribution < -0.4 is 5.73 Å². The molecule has 0 radical (unpaired) electrons. The lowest BCUT2D eigenvalue weighted by Gasteiger charge is -2.15. The van der Waals surface area contributed by atoms with Gasteiger partial charge in [-0.25, -0.2) is 0 Å². The van der Waals surface area contributed by atoms with Crippen LogP contribution in [0.3, 0.4) is 0 Å². The third kappa shape index (κ3) is 4.33. The van der Waals surface area contributed by atoms with Gasteiger partial charge in [0.25, 0.3) is 0 Å². The van der Waals surface area contributed by atoms with Crippen molar-refractivity contribution in [2.75, 3.05) is 6.54 Å². The van der Waals surface area contributed by atoms with E-state index in [0.29, 0.717) is 13.2 Å². The second-order valence-corrected chi connectivity index (χ2v) is 4.40. The average molecular weight is 272 g/mol. The zero-order chi connectivity index (χ0) is 11.1. The van der Waals surface area contributed by atoms with Gasteiger partial charge in [-0.3, -0.25) is 0 Å². The Morgan fingerprint density at radius 2 is 2.13 bits per heavy atom. The van der Waals surface area contributed by atoms with E-state index >= 15 is 0 Å². The minimum absolute atomic E-state index is 0.183. The number of ether oxygens (including phenoxy) is 1. The molecule has 0 saturated heterocycles. The molecule has 0 aliphatic heterocycles. The molecule has 0 fully saturated rings. The predicted molar refractivity (Wildman–Crippen MR) is 66.7 cm³/mol. The van der Waals surface area contributed by atoms with Gasteiger partial charge in [0, 0.05) is 11.0 Å². The van der Waals surface area contributed by atoms with Crippen molar-refractivity contribution in [3.05, 3.63) is 34.3 Å². The topological polar surface area (TPSA) is 35.2 Å². The summed E-state index contributed by atoms with van der Waals surface area (Å²) in [7, 11) is 0. The molecule has 0 aromatic heterocycles. The first-order valence-electron chi connectivity index (χ1n) is 5.33. The van der Waals surface area contributed by atoms with E-state index in [2.05, 4.69) is 28.9 Å². The molecule has 0 aliphatic rings. The van der Waals surface area contributed by atoms with Crippen LogP contribution in [0.15, 0.2) is 28.7 Å². The number of benzene rings is 1. The van der Waals surface area contributed by atoms with Crippen LogP contribution in [-0.2, 0) is 11.3 Å². The zero-order valence-corrected chi connectivity index (χ0v) is 10.7. The summed E-state index contributed by atoms with van der Waals surface area (Å²) in [6.45, 7) is 3.37. The van der Waals surface area contributed by atoms with E-state index in [0.717, 1.165) is 17.3 Å². The van der Waals surface area contributed by atoms with Crippen LogP contribution in [0.1, 0.15) is 25.3 Å². The predicted octanol–water partition coefficient (Wildman–Crippen LogP) is 3.09. The molecule has 0 saturated carbocycles. The molecular weight excluding hydrogens is 254 g/mol. The van der Waals surface area contributed by atoms with Gasteiger partial charge in [-0.2, -0.15) is 0 Å².